The molecule has 1 aromatic rings. The molecule has 1 saturated carbocycles. The van der Waals surface area contributed by atoms with Gasteiger partial charge in [-0.15, -0.1) is 10.2 Å². The van der Waals surface area contributed by atoms with Crippen LogP contribution in [0.3, 0.4) is 0 Å². The van der Waals surface area contributed by atoms with Gasteiger partial charge in [0.05, 0.1) is 5.60 Å². The molecule has 0 aliphatic heterocycles. The first-order valence-corrected chi connectivity index (χ1v) is 5.90. The van der Waals surface area contributed by atoms with E-state index in [4.69, 9.17) is 11.6 Å². The summed E-state index contributed by atoms with van der Waals surface area (Å²) in [6.45, 7) is 0.601. The predicted molar refractivity (Wildman–Crippen MR) is 63.7 cm³/mol. The molecule has 0 atom stereocenters. The Balaban J connectivity index is 2.02. The molecule has 4 nitrogen and oxygen atoms in total. The molecule has 2 rings (SSSR count). The van der Waals surface area contributed by atoms with Crippen molar-refractivity contribution in [2.24, 2.45) is 0 Å². The molecule has 0 amide bonds. The van der Waals surface area contributed by atoms with Crippen molar-refractivity contribution in [1.29, 1.82) is 0 Å². The van der Waals surface area contributed by atoms with Gasteiger partial charge < -0.3 is 10.0 Å². The van der Waals surface area contributed by atoms with Crippen molar-refractivity contribution >= 4 is 17.4 Å². The average Bonchev–Trinajstić information content (AvgIpc) is 2.65. The Morgan fingerprint density at radius 2 is 2.06 bits per heavy atom. The summed E-state index contributed by atoms with van der Waals surface area (Å²) in [4.78, 5) is 1.93. The van der Waals surface area contributed by atoms with Crippen molar-refractivity contribution in [2.75, 3.05) is 18.5 Å². The molecule has 1 heterocycles. The zero-order valence-electron chi connectivity index (χ0n) is 9.36. The van der Waals surface area contributed by atoms with Gasteiger partial charge >= 0.3 is 0 Å². The third-order valence-electron chi connectivity index (χ3n) is 3.07. The summed E-state index contributed by atoms with van der Waals surface area (Å²) in [7, 11) is 1.91. The molecular weight excluding hydrogens is 226 g/mol. The number of halogens is 1. The summed E-state index contributed by atoms with van der Waals surface area (Å²) in [5.41, 5.74) is -0.559. The van der Waals surface area contributed by atoms with Crippen LogP contribution in [0.25, 0.3) is 0 Å². The lowest BCUT2D eigenvalue weighted by atomic mass is 10.0. The van der Waals surface area contributed by atoms with Gasteiger partial charge in [-0.2, -0.15) is 0 Å². The van der Waals surface area contributed by atoms with Gasteiger partial charge in [-0.1, -0.05) is 24.4 Å². The van der Waals surface area contributed by atoms with Crippen LogP contribution in [-0.4, -0.2) is 34.5 Å². The smallest absolute Gasteiger partial charge is 0.151 e. The topological polar surface area (TPSA) is 49.2 Å². The van der Waals surface area contributed by atoms with Gasteiger partial charge in [0.2, 0.25) is 0 Å². The highest BCUT2D eigenvalue weighted by Crippen LogP contribution is 2.30. The van der Waals surface area contributed by atoms with Gasteiger partial charge in [0.1, 0.15) is 0 Å². The van der Waals surface area contributed by atoms with E-state index in [1.165, 1.54) is 0 Å². The molecule has 0 aromatic carbocycles. The zero-order valence-corrected chi connectivity index (χ0v) is 10.1. The highest BCUT2D eigenvalue weighted by atomic mass is 35.5. The Morgan fingerprint density at radius 1 is 1.38 bits per heavy atom. The third kappa shape index (κ3) is 2.62. The number of anilines is 1. The van der Waals surface area contributed by atoms with Crippen molar-refractivity contribution in [1.82, 2.24) is 10.2 Å². The first-order chi connectivity index (χ1) is 7.59. The summed E-state index contributed by atoms with van der Waals surface area (Å²) < 4.78 is 0. The number of hydrogen-bond donors (Lipinski definition) is 1. The molecule has 1 N–H and O–H groups in total. The SMILES string of the molecule is CN(CC1(O)CCCC1)c1ccc(Cl)nn1. The Morgan fingerprint density at radius 3 is 2.62 bits per heavy atom. The van der Waals surface area contributed by atoms with Gasteiger partial charge in [0, 0.05) is 13.6 Å². The summed E-state index contributed by atoms with van der Waals surface area (Å²) in [5.74, 6) is 0.740. The molecule has 1 fully saturated rings. The molecule has 1 aliphatic rings. The predicted octanol–water partition coefficient (Wildman–Crippen LogP) is 1.87. The van der Waals surface area contributed by atoms with Crippen molar-refractivity contribution in [3.05, 3.63) is 17.3 Å². The molecule has 0 spiro atoms. The first-order valence-electron chi connectivity index (χ1n) is 5.52. The molecule has 0 bridgehead atoms. The van der Waals surface area contributed by atoms with Crippen LogP contribution in [0.2, 0.25) is 5.15 Å². The van der Waals surface area contributed by atoms with E-state index in [1.807, 2.05) is 18.0 Å². The molecule has 88 valence electrons. The van der Waals surface area contributed by atoms with Crippen LogP contribution >= 0.6 is 11.6 Å². The summed E-state index contributed by atoms with van der Waals surface area (Å²) in [5, 5.41) is 18.4. The number of hydrogen-bond acceptors (Lipinski definition) is 4. The van der Waals surface area contributed by atoms with Crippen LogP contribution in [0.1, 0.15) is 25.7 Å². The fourth-order valence-corrected chi connectivity index (χ4v) is 2.33. The molecule has 16 heavy (non-hydrogen) atoms. The second-order valence-corrected chi connectivity index (χ2v) is 4.89. The number of likely N-dealkylation sites (N-methyl/N-ethyl adjacent to an activating group) is 1. The Bertz CT molecular complexity index is 349. The molecule has 0 unspecified atom stereocenters. The van der Waals surface area contributed by atoms with Crippen molar-refractivity contribution in [3.8, 4) is 0 Å². The lowest BCUT2D eigenvalue weighted by molar-refractivity contribution is 0.0557. The minimum Gasteiger partial charge on any atom is -0.388 e. The summed E-state index contributed by atoms with van der Waals surface area (Å²) in [6.07, 6.45) is 3.96. The molecular formula is C11H16ClN3O. The molecule has 0 radical (unpaired) electrons. The van der Waals surface area contributed by atoms with Gasteiger partial charge in [0.25, 0.3) is 0 Å². The fraction of sp³-hybridized carbons (Fsp3) is 0.636. The number of aromatic nitrogens is 2. The van der Waals surface area contributed by atoms with Crippen molar-refractivity contribution in [2.45, 2.75) is 31.3 Å². The minimum absolute atomic E-state index is 0.386. The second-order valence-electron chi connectivity index (χ2n) is 4.50. The Kier molecular flexibility index (Phi) is 3.30. The number of nitrogens with zero attached hydrogens (tertiary/aromatic N) is 3. The Labute approximate surface area is 100 Å². The summed E-state index contributed by atoms with van der Waals surface area (Å²) >= 11 is 5.67. The Hall–Kier alpha value is -0.870. The number of aliphatic hydroxyl groups is 1. The van der Waals surface area contributed by atoms with E-state index < -0.39 is 5.60 Å². The van der Waals surface area contributed by atoms with Crippen LogP contribution in [0, 0.1) is 0 Å². The molecule has 5 heteroatoms. The zero-order chi connectivity index (χ0) is 11.6. The first kappa shape index (κ1) is 11.6. The maximum atomic E-state index is 10.3. The fourth-order valence-electron chi connectivity index (χ4n) is 2.23. The quantitative estimate of drug-likeness (QED) is 0.878. The van der Waals surface area contributed by atoms with E-state index in [2.05, 4.69) is 10.2 Å². The number of rotatable bonds is 3. The van der Waals surface area contributed by atoms with Crippen molar-refractivity contribution in [3.63, 3.8) is 0 Å². The van der Waals surface area contributed by atoms with Gasteiger partial charge in [-0.05, 0) is 25.0 Å². The van der Waals surface area contributed by atoms with Crippen LogP contribution in [0.15, 0.2) is 12.1 Å². The van der Waals surface area contributed by atoms with E-state index in [-0.39, 0.29) is 0 Å². The lowest BCUT2D eigenvalue weighted by Gasteiger charge is -2.28. The average molecular weight is 242 g/mol. The molecule has 1 aromatic heterocycles. The third-order valence-corrected chi connectivity index (χ3v) is 3.28. The van der Waals surface area contributed by atoms with Crippen LogP contribution < -0.4 is 4.90 Å². The van der Waals surface area contributed by atoms with Crippen molar-refractivity contribution < 1.29 is 5.11 Å². The van der Waals surface area contributed by atoms with Gasteiger partial charge in [-0.3, -0.25) is 0 Å². The molecule has 0 saturated heterocycles. The molecule has 1 aliphatic carbocycles. The largest absolute Gasteiger partial charge is 0.388 e. The van der Waals surface area contributed by atoms with E-state index >= 15 is 0 Å². The van der Waals surface area contributed by atoms with Crippen LogP contribution in [0.5, 0.6) is 0 Å². The minimum atomic E-state index is -0.559. The van der Waals surface area contributed by atoms with E-state index in [1.54, 1.807) is 6.07 Å². The van der Waals surface area contributed by atoms with Gasteiger partial charge in [0.15, 0.2) is 11.0 Å². The maximum Gasteiger partial charge on any atom is 0.151 e. The maximum absolute atomic E-state index is 10.3. The van der Waals surface area contributed by atoms with E-state index in [0.717, 1.165) is 31.5 Å². The second kappa shape index (κ2) is 4.55. The van der Waals surface area contributed by atoms with E-state index in [0.29, 0.717) is 11.7 Å². The standard InChI is InChI=1S/C11H16ClN3O/c1-15(8-11(16)6-2-3-7-11)10-5-4-9(12)13-14-10/h4-5,16H,2-3,6-8H2,1H3. The lowest BCUT2D eigenvalue weighted by Crippen LogP contribution is -2.39. The summed E-state index contributed by atoms with van der Waals surface area (Å²) in [6, 6.07) is 3.52. The van der Waals surface area contributed by atoms with Gasteiger partial charge in [-0.25, -0.2) is 0 Å². The van der Waals surface area contributed by atoms with Crippen LogP contribution in [0.4, 0.5) is 5.82 Å². The van der Waals surface area contributed by atoms with E-state index in [9.17, 15) is 5.11 Å². The highest BCUT2D eigenvalue weighted by Gasteiger charge is 2.32. The monoisotopic (exact) mass is 241 g/mol. The normalized spacial score (nSPS) is 18.7. The van der Waals surface area contributed by atoms with Crippen LogP contribution in [-0.2, 0) is 0 Å². The highest BCUT2D eigenvalue weighted by molar-refractivity contribution is 6.29.